The second-order valence-corrected chi connectivity index (χ2v) is 6.82. The van der Waals surface area contributed by atoms with Crippen LogP contribution in [0.25, 0.3) is 10.9 Å². The van der Waals surface area contributed by atoms with Gasteiger partial charge in [-0.3, -0.25) is 4.79 Å². The molecule has 0 aliphatic heterocycles. The summed E-state index contributed by atoms with van der Waals surface area (Å²) < 4.78 is 14.4. The number of aromatic nitrogens is 2. The van der Waals surface area contributed by atoms with E-state index in [0.717, 1.165) is 12.8 Å². The lowest BCUT2D eigenvalue weighted by molar-refractivity contribution is 0.162. The normalized spacial score (nSPS) is 21.8. The van der Waals surface area contributed by atoms with Crippen LogP contribution in [0.4, 0.5) is 4.39 Å². The quantitative estimate of drug-likeness (QED) is 0.821. The zero-order chi connectivity index (χ0) is 15.3. The Morgan fingerprint density at radius 1 is 1.48 bits per heavy atom. The monoisotopic (exact) mass is 373 g/mol. The number of rotatable bonds is 2. The molecule has 1 aromatic heterocycles. The maximum absolute atomic E-state index is 14.3. The van der Waals surface area contributed by atoms with Crippen molar-refractivity contribution in [3.05, 3.63) is 37.6 Å². The summed E-state index contributed by atoms with van der Waals surface area (Å²) in [4.78, 5) is 21.3. The minimum Gasteiger partial charge on any atom is -0.310 e. The molecule has 1 fully saturated rings. The van der Waals surface area contributed by atoms with Crippen molar-refractivity contribution in [2.24, 2.45) is 0 Å². The molecule has 4 nitrogen and oxygen atoms in total. The Morgan fingerprint density at radius 2 is 2.14 bits per heavy atom. The molecule has 112 valence electrons. The molecule has 3 rings (SSSR count). The molecule has 0 bridgehead atoms. The van der Waals surface area contributed by atoms with Crippen molar-refractivity contribution in [1.82, 2.24) is 14.9 Å². The highest BCUT2D eigenvalue weighted by Crippen LogP contribution is 2.38. The summed E-state index contributed by atoms with van der Waals surface area (Å²) in [5.41, 5.74) is -0.282. The number of nitrogens with one attached hydrogen (secondary N) is 1. The second kappa shape index (κ2) is 5.34. The van der Waals surface area contributed by atoms with E-state index in [1.807, 2.05) is 14.1 Å². The Kier molecular flexibility index (Phi) is 3.80. The van der Waals surface area contributed by atoms with Gasteiger partial charge in [-0.2, -0.15) is 0 Å². The van der Waals surface area contributed by atoms with Gasteiger partial charge in [0.05, 0.1) is 14.9 Å². The molecular formula is C14H14BrClFN3O. The number of nitrogens with zero attached hydrogens (tertiary/aromatic N) is 2. The van der Waals surface area contributed by atoms with E-state index < -0.39 is 5.82 Å². The fourth-order valence-electron chi connectivity index (χ4n) is 2.63. The van der Waals surface area contributed by atoms with Crippen molar-refractivity contribution in [3.63, 3.8) is 0 Å². The van der Waals surface area contributed by atoms with Crippen LogP contribution in [0, 0.1) is 5.82 Å². The first-order chi connectivity index (χ1) is 9.88. The number of aromatic amines is 1. The Bertz CT molecular complexity index is 771. The first kappa shape index (κ1) is 14.9. The van der Waals surface area contributed by atoms with E-state index in [9.17, 15) is 9.18 Å². The van der Waals surface area contributed by atoms with Crippen molar-refractivity contribution in [2.45, 2.75) is 24.8 Å². The fourth-order valence-corrected chi connectivity index (χ4v) is 3.12. The molecule has 0 spiro atoms. The lowest BCUT2D eigenvalue weighted by Crippen LogP contribution is -2.40. The smallest absolute Gasteiger partial charge is 0.258 e. The van der Waals surface area contributed by atoms with E-state index in [1.54, 1.807) is 0 Å². The van der Waals surface area contributed by atoms with Crippen LogP contribution in [0.2, 0.25) is 5.02 Å². The average molecular weight is 375 g/mol. The molecule has 0 saturated heterocycles. The molecular weight excluding hydrogens is 361 g/mol. The van der Waals surface area contributed by atoms with E-state index in [-0.39, 0.29) is 31.9 Å². The van der Waals surface area contributed by atoms with Gasteiger partial charge >= 0.3 is 0 Å². The van der Waals surface area contributed by atoms with Crippen LogP contribution in [-0.4, -0.2) is 35.0 Å². The number of halogens is 3. The summed E-state index contributed by atoms with van der Waals surface area (Å²) in [7, 11) is 4.05. The predicted molar refractivity (Wildman–Crippen MR) is 84.5 cm³/mol. The largest absolute Gasteiger partial charge is 0.310 e. The van der Waals surface area contributed by atoms with Gasteiger partial charge in [0, 0.05) is 12.0 Å². The van der Waals surface area contributed by atoms with Gasteiger partial charge in [0.2, 0.25) is 0 Å². The number of benzene rings is 1. The van der Waals surface area contributed by atoms with Gasteiger partial charge in [-0.25, -0.2) is 9.37 Å². The molecule has 1 heterocycles. The number of hydrogen-bond donors (Lipinski definition) is 1. The van der Waals surface area contributed by atoms with Gasteiger partial charge in [0.1, 0.15) is 11.3 Å². The topological polar surface area (TPSA) is 49.0 Å². The highest BCUT2D eigenvalue weighted by Gasteiger charge is 2.33. The molecule has 1 aliphatic rings. The van der Waals surface area contributed by atoms with Crippen molar-refractivity contribution >= 4 is 38.4 Å². The van der Waals surface area contributed by atoms with Crippen LogP contribution in [0.5, 0.6) is 0 Å². The molecule has 2 aromatic rings. The summed E-state index contributed by atoms with van der Waals surface area (Å²) in [6.45, 7) is 0. The highest BCUT2D eigenvalue weighted by atomic mass is 79.9. The number of fused-ring (bicyclic) bond motifs is 1. The molecule has 0 atom stereocenters. The molecule has 7 heteroatoms. The standard InChI is InChI=1S/C14H14BrClFN3O/c1-20(2)7-3-6(4-7)13-18-12-8(14(21)19-13)5-9(16)10(15)11(12)17/h5-7H,3-4H2,1-2H3,(H,18,19,21). The van der Waals surface area contributed by atoms with Crippen LogP contribution in [-0.2, 0) is 0 Å². The molecule has 0 amide bonds. The average Bonchev–Trinajstić information content (AvgIpc) is 2.35. The molecule has 21 heavy (non-hydrogen) atoms. The van der Waals surface area contributed by atoms with E-state index in [2.05, 4.69) is 30.8 Å². The van der Waals surface area contributed by atoms with Gasteiger partial charge in [-0.05, 0) is 48.9 Å². The Hall–Kier alpha value is -0.980. The molecule has 1 N–H and O–H groups in total. The van der Waals surface area contributed by atoms with Crippen LogP contribution >= 0.6 is 27.5 Å². The fraction of sp³-hybridized carbons (Fsp3) is 0.429. The molecule has 1 aliphatic carbocycles. The SMILES string of the molecule is CN(C)C1CC(c2nc3c(F)c(Br)c(Cl)cc3c(=O)[nH]2)C1. The lowest BCUT2D eigenvalue weighted by Gasteiger charge is -2.38. The third-order valence-corrected chi connectivity index (χ3v) is 5.39. The van der Waals surface area contributed by atoms with E-state index in [1.165, 1.54) is 6.07 Å². The second-order valence-electron chi connectivity index (χ2n) is 5.62. The van der Waals surface area contributed by atoms with Crippen molar-refractivity contribution < 1.29 is 4.39 Å². The molecule has 0 unspecified atom stereocenters. The van der Waals surface area contributed by atoms with Gasteiger partial charge in [-0.15, -0.1) is 0 Å². The summed E-state index contributed by atoms with van der Waals surface area (Å²) in [5.74, 6) is 0.135. The number of H-pyrrole nitrogens is 1. The highest BCUT2D eigenvalue weighted by molar-refractivity contribution is 9.10. The first-order valence-corrected chi connectivity index (χ1v) is 7.79. The van der Waals surface area contributed by atoms with E-state index >= 15 is 0 Å². The summed E-state index contributed by atoms with van der Waals surface area (Å²) >= 11 is 8.97. The zero-order valence-corrected chi connectivity index (χ0v) is 13.9. The Labute approximate surface area is 134 Å². The van der Waals surface area contributed by atoms with E-state index in [0.29, 0.717) is 11.9 Å². The predicted octanol–water partition coefficient (Wildman–Crippen LogP) is 3.29. The number of hydrogen-bond acceptors (Lipinski definition) is 3. The maximum atomic E-state index is 14.3. The Balaban J connectivity index is 2.06. The van der Waals surface area contributed by atoms with Gasteiger partial charge in [-0.1, -0.05) is 11.6 Å². The first-order valence-electron chi connectivity index (χ1n) is 6.62. The van der Waals surface area contributed by atoms with Crippen molar-refractivity contribution in [2.75, 3.05) is 14.1 Å². The minimum atomic E-state index is -0.590. The molecule has 1 aromatic carbocycles. The van der Waals surface area contributed by atoms with Crippen LogP contribution in [0.15, 0.2) is 15.3 Å². The van der Waals surface area contributed by atoms with Crippen LogP contribution < -0.4 is 5.56 Å². The zero-order valence-electron chi connectivity index (χ0n) is 11.6. The maximum Gasteiger partial charge on any atom is 0.258 e. The Morgan fingerprint density at radius 3 is 2.76 bits per heavy atom. The minimum absolute atomic E-state index is 0.0679. The van der Waals surface area contributed by atoms with E-state index in [4.69, 9.17) is 11.6 Å². The van der Waals surface area contributed by atoms with Crippen molar-refractivity contribution in [3.8, 4) is 0 Å². The lowest BCUT2D eigenvalue weighted by atomic mass is 9.79. The van der Waals surface area contributed by atoms with Gasteiger partial charge < -0.3 is 9.88 Å². The molecule has 0 radical (unpaired) electrons. The summed E-state index contributed by atoms with van der Waals surface area (Å²) in [5, 5.41) is 0.337. The van der Waals surface area contributed by atoms with Gasteiger partial charge in [0.15, 0.2) is 5.82 Å². The molecule has 1 saturated carbocycles. The summed E-state index contributed by atoms with van der Waals surface area (Å²) in [6.07, 6.45) is 1.83. The summed E-state index contributed by atoms with van der Waals surface area (Å²) in [6, 6.07) is 1.92. The third-order valence-electron chi connectivity index (χ3n) is 4.09. The van der Waals surface area contributed by atoms with Crippen molar-refractivity contribution in [1.29, 1.82) is 0 Å². The van der Waals surface area contributed by atoms with Crippen LogP contribution in [0.3, 0.4) is 0 Å². The van der Waals surface area contributed by atoms with Gasteiger partial charge in [0.25, 0.3) is 5.56 Å². The third kappa shape index (κ3) is 2.49. The van der Waals surface area contributed by atoms with Crippen LogP contribution in [0.1, 0.15) is 24.6 Å².